The van der Waals surface area contributed by atoms with Gasteiger partial charge in [-0.3, -0.25) is 4.72 Å². The van der Waals surface area contributed by atoms with Gasteiger partial charge in [0.1, 0.15) is 0 Å². The maximum atomic E-state index is 12.4. The van der Waals surface area contributed by atoms with Crippen LogP contribution < -0.4 is 10.5 Å². The molecule has 10 heteroatoms. The van der Waals surface area contributed by atoms with Crippen molar-refractivity contribution in [3.8, 4) is 0 Å². The van der Waals surface area contributed by atoms with E-state index in [1.54, 1.807) is 0 Å². The third-order valence-electron chi connectivity index (χ3n) is 1.85. The molecular formula is C8H7F5N2O2S. The highest BCUT2D eigenvalue weighted by atomic mass is 32.2. The summed E-state index contributed by atoms with van der Waals surface area (Å²) in [6.45, 7) is 0. The predicted octanol–water partition coefficient (Wildman–Crippen LogP) is 2.25. The summed E-state index contributed by atoms with van der Waals surface area (Å²) in [6, 6.07) is 1.96. The van der Waals surface area contributed by atoms with E-state index in [1.807, 2.05) is 0 Å². The number of hydrogen-bond acceptors (Lipinski definition) is 3. The highest BCUT2D eigenvalue weighted by molar-refractivity contribution is 7.93. The second kappa shape index (κ2) is 4.59. The Morgan fingerprint density at radius 2 is 1.78 bits per heavy atom. The zero-order valence-corrected chi connectivity index (χ0v) is 9.32. The molecule has 0 aliphatic heterocycles. The summed E-state index contributed by atoms with van der Waals surface area (Å²) in [6.07, 6.45) is -4.81. The average Bonchev–Trinajstić information content (AvgIpc) is 2.18. The molecular weight excluding hydrogens is 283 g/mol. The van der Waals surface area contributed by atoms with Gasteiger partial charge in [0.05, 0.1) is 5.56 Å². The Hall–Kier alpha value is -1.58. The molecule has 0 heterocycles. The highest BCUT2D eigenvalue weighted by Gasteiger charge is 2.33. The monoisotopic (exact) mass is 290 g/mol. The minimum absolute atomic E-state index is 0.343. The lowest BCUT2D eigenvalue weighted by atomic mass is 10.1. The quantitative estimate of drug-likeness (QED) is 0.662. The van der Waals surface area contributed by atoms with E-state index in [-0.39, 0.29) is 0 Å². The van der Waals surface area contributed by atoms with Gasteiger partial charge in [-0.05, 0) is 18.2 Å². The number of sulfonamides is 1. The lowest BCUT2D eigenvalue weighted by Gasteiger charge is -2.12. The fourth-order valence-electron chi connectivity index (χ4n) is 1.07. The first-order valence-corrected chi connectivity index (χ1v) is 5.85. The van der Waals surface area contributed by atoms with E-state index in [0.717, 1.165) is 12.1 Å². The first-order chi connectivity index (χ1) is 8.04. The number of alkyl halides is 5. The molecule has 0 saturated carbocycles. The molecule has 3 N–H and O–H groups in total. The molecule has 0 amide bonds. The molecule has 4 nitrogen and oxygen atoms in total. The fourth-order valence-corrected chi connectivity index (χ4v) is 1.62. The Morgan fingerprint density at radius 1 is 1.22 bits per heavy atom. The van der Waals surface area contributed by atoms with Gasteiger partial charge in [-0.25, -0.2) is 8.42 Å². The van der Waals surface area contributed by atoms with Crippen molar-refractivity contribution in [3.63, 3.8) is 0 Å². The summed E-state index contributed by atoms with van der Waals surface area (Å²) in [5.41, 5.74) is 2.47. The van der Waals surface area contributed by atoms with Gasteiger partial charge in [-0.15, -0.1) is 0 Å². The van der Waals surface area contributed by atoms with Crippen molar-refractivity contribution in [2.24, 2.45) is 0 Å². The molecule has 1 aromatic rings. The van der Waals surface area contributed by atoms with Crippen LogP contribution in [-0.2, 0) is 16.2 Å². The molecule has 102 valence electrons. The Morgan fingerprint density at radius 3 is 2.22 bits per heavy atom. The lowest BCUT2D eigenvalue weighted by Crippen LogP contribution is -2.21. The van der Waals surface area contributed by atoms with Crippen molar-refractivity contribution in [3.05, 3.63) is 23.8 Å². The molecule has 1 rings (SSSR count). The average molecular weight is 290 g/mol. The molecule has 0 bridgehead atoms. The Balaban J connectivity index is 3.15. The van der Waals surface area contributed by atoms with Crippen molar-refractivity contribution in [1.29, 1.82) is 0 Å². The van der Waals surface area contributed by atoms with E-state index in [4.69, 9.17) is 5.73 Å². The SMILES string of the molecule is Nc1ccc(NS(=O)(=O)C(F)F)cc1C(F)(F)F. The van der Waals surface area contributed by atoms with Gasteiger partial charge >= 0.3 is 11.9 Å². The van der Waals surface area contributed by atoms with Crippen molar-refractivity contribution in [2.75, 3.05) is 10.5 Å². The van der Waals surface area contributed by atoms with Crippen LogP contribution in [0.3, 0.4) is 0 Å². The molecule has 0 atom stereocenters. The zero-order valence-electron chi connectivity index (χ0n) is 8.50. The number of nitrogen functional groups attached to an aromatic ring is 1. The summed E-state index contributed by atoms with van der Waals surface area (Å²) in [5.74, 6) is -3.75. The van der Waals surface area contributed by atoms with Crippen LogP contribution in [0.5, 0.6) is 0 Å². The second-order valence-corrected chi connectivity index (χ2v) is 4.86. The van der Waals surface area contributed by atoms with Crippen LogP contribution in [0, 0.1) is 0 Å². The van der Waals surface area contributed by atoms with E-state index >= 15 is 0 Å². The zero-order chi connectivity index (χ0) is 14.1. The van der Waals surface area contributed by atoms with Crippen LogP contribution in [0.4, 0.5) is 33.3 Å². The lowest BCUT2D eigenvalue weighted by molar-refractivity contribution is -0.136. The third kappa shape index (κ3) is 3.22. The first-order valence-electron chi connectivity index (χ1n) is 4.30. The van der Waals surface area contributed by atoms with Crippen molar-refractivity contribution in [2.45, 2.75) is 11.9 Å². The second-order valence-electron chi connectivity index (χ2n) is 3.21. The Labute approximate surface area is 98.6 Å². The van der Waals surface area contributed by atoms with Gasteiger partial charge in [0.15, 0.2) is 0 Å². The van der Waals surface area contributed by atoms with Crippen molar-refractivity contribution in [1.82, 2.24) is 0 Å². The highest BCUT2D eigenvalue weighted by Crippen LogP contribution is 2.35. The van der Waals surface area contributed by atoms with E-state index in [9.17, 15) is 30.4 Å². The van der Waals surface area contributed by atoms with Crippen LogP contribution in [0.2, 0.25) is 0 Å². The molecule has 0 aliphatic carbocycles. The predicted molar refractivity (Wildman–Crippen MR) is 54.4 cm³/mol. The molecule has 0 aliphatic rings. The Bertz CT molecular complexity index is 541. The summed E-state index contributed by atoms with van der Waals surface area (Å²) >= 11 is 0. The van der Waals surface area contributed by atoms with Gasteiger partial charge in [-0.1, -0.05) is 0 Å². The van der Waals surface area contributed by atoms with E-state index in [1.165, 1.54) is 4.72 Å². The molecule has 0 unspecified atom stereocenters. The normalized spacial score (nSPS) is 12.8. The van der Waals surface area contributed by atoms with E-state index < -0.39 is 38.9 Å². The van der Waals surface area contributed by atoms with E-state index in [0.29, 0.717) is 6.07 Å². The number of rotatable bonds is 3. The molecule has 0 aromatic heterocycles. The minimum Gasteiger partial charge on any atom is -0.398 e. The Kier molecular flexibility index (Phi) is 3.70. The van der Waals surface area contributed by atoms with Crippen molar-refractivity contribution >= 4 is 21.4 Å². The van der Waals surface area contributed by atoms with Crippen LogP contribution in [0.1, 0.15) is 5.56 Å². The number of nitrogens with two attached hydrogens (primary N) is 1. The number of hydrogen-bond donors (Lipinski definition) is 2. The minimum atomic E-state index is -5.02. The van der Waals surface area contributed by atoms with Crippen LogP contribution in [-0.4, -0.2) is 14.2 Å². The largest absolute Gasteiger partial charge is 0.418 e. The van der Waals surface area contributed by atoms with Crippen LogP contribution in [0.15, 0.2) is 18.2 Å². The van der Waals surface area contributed by atoms with Gasteiger partial charge in [0.2, 0.25) is 0 Å². The molecule has 18 heavy (non-hydrogen) atoms. The number of nitrogens with one attached hydrogen (secondary N) is 1. The topological polar surface area (TPSA) is 72.2 Å². The summed E-state index contributed by atoms with van der Waals surface area (Å²) in [4.78, 5) is 0. The molecule has 0 spiro atoms. The van der Waals surface area contributed by atoms with Gasteiger partial charge < -0.3 is 5.73 Å². The molecule has 1 aromatic carbocycles. The van der Waals surface area contributed by atoms with Gasteiger partial charge in [0.25, 0.3) is 10.0 Å². The van der Waals surface area contributed by atoms with Crippen LogP contribution in [0.25, 0.3) is 0 Å². The summed E-state index contributed by atoms with van der Waals surface area (Å²) in [7, 11) is -5.02. The van der Waals surface area contributed by atoms with E-state index in [2.05, 4.69) is 0 Å². The van der Waals surface area contributed by atoms with Gasteiger partial charge in [-0.2, -0.15) is 22.0 Å². The number of halogens is 5. The first kappa shape index (κ1) is 14.5. The van der Waals surface area contributed by atoms with Crippen molar-refractivity contribution < 1.29 is 30.4 Å². The molecule has 0 radical (unpaired) electrons. The number of benzene rings is 1. The maximum Gasteiger partial charge on any atom is 0.418 e. The summed E-state index contributed by atoms with van der Waals surface area (Å²) in [5, 5.41) is 0. The smallest absolute Gasteiger partial charge is 0.398 e. The van der Waals surface area contributed by atoms with Gasteiger partial charge in [0, 0.05) is 11.4 Å². The number of anilines is 2. The maximum absolute atomic E-state index is 12.4. The standard InChI is InChI=1S/C8H7F5N2O2S/c9-7(10)18(16,17)15-4-1-2-6(14)5(3-4)8(11,12)13/h1-3,7,15H,14H2. The van der Waals surface area contributed by atoms with Crippen LogP contribution >= 0.6 is 0 Å². The molecule has 0 fully saturated rings. The molecule has 0 saturated heterocycles. The fraction of sp³-hybridized carbons (Fsp3) is 0.250. The summed E-state index contributed by atoms with van der Waals surface area (Å²) < 4.78 is 84.1. The third-order valence-corrected chi connectivity index (χ3v) is 2.84.